The van der Waals surface area contributed by atoms with Gasteiger partial charge >= 0.3 is 0 Å². The largest absolute Gasteiger partial charge is 0.490 e. The Morgan fingerprint density at radius 3 is 2.59 bits per heavy atom. The molecule has 4 aromatic rings. The van der Waals surface area contributed by atoms with Crippen molar-refractivity contribution in [2.75, 3.05) is 13.2 Å². The lowest BCUT2D eigenvalue weighted by molar-refractivity contribution is 0.271. The van der Waals surface area contributed by atoms with Crippen LogP contribution in [0.15, 0.2) is 47.3 Å². The van der Waals surface area contributed by atoms with Gasteiger partial charge in [0, 0.05) is 10.6 Å². The lowest BCUT2D eigenvalue weighted by Gasteiger charge is -2.12. The highest BCUT2D eigenvalue weighted by atomic mass is 35.5. The molecule has 2 aromatic carbocycles. The van der Waals surface area contributed by atoms with E-state index in [1.807, 2.05) is 43.3 Å². The number of hydrogen-bond donors (Lipinski definition) is 0. The maximum Gasteiger partial charge on any atom is 0.291 e. The van der Waals surface area contributed by atoms with E-state index in [1.54, 1.807) is 12.1 Å². The zero-order valence-corrected chi connectivity index (χ0v) is 19.6. The third kappa shape index (κ3) is 4.95. The van der Waals surface area contributed by atoms with Gasteiger partial charge in [0.15, 0.2) is 17.3 Å². The van der Waals surface area contributed by atoms with E-state index in [2.05, 4.69) is 17.0 Å². The van der Waals surface area contributed by atoms with Gasteiger partial charge in [-0.1, -0.05) is 48.8 Å². The van der Waals surface area contributed by atoms with E-state index >= 15 is 0 Å². The van der Waals surface area contributed by atoms with Crippen molar-refractivity contribution in [1.82, 2.24) is 14.6 Å². The number of ether oxygens (including phenoxy) is 2. The van der Waals surface area contributed by atoms with E-state index in [4.69, 9.17) is 21.1 Å². The van der Waals surface area contributed by atoms with Crippen LogP contribution >= 0.6 is 22.9 Å². The SMILES string of the molecule is CCCCCOc1ccc(C=c2sc3nc(-c4ccc(Cl)cc4)nn3c2=O)cc1OCC. The Labute approximate surface area is 195 Å². The smallest absolute Gasteiger partial charge is 0.291 e. The Morgan fingerprint density at radius 2 is 1.88 bits per heavy atom. The van der Waals surface area contributed by atoms with Gasteiger partial charge in [-0.2, -0.15) is 9.50 Å². The predicted molar refractivity (Wildman–Crippen MR) is 129 cm³/mol. The summed E-state index contributed by atoms with van der Waals surface area (Å²) in [4.78, 5) is 17.9. The molecule has 0 saturated heterocycles. The summed E-state index contributed by atoms with van der Waals surface area (Å²) >= 11 is 7.25. The van der Waals surface area contributed by atoms with Crippen LogP contribution in [0, 0.1) is 0 Å². The highest BCUT2D eigenvalue weighted by Gasteiger charge is 2.12. The molecule has 2 heterocycles. The molecule has 8 heteroatoms. The van der Waals surface area contributed by atoms with Crippen LogP contribution in [0.5, 0.6) is 11.5 Å². The van der Waals surface area contributed by atoms with E-state index in [-0.39, 0.29) is 5.56 Å². The first-order valence-electron chi connectivity index (χ1n) is 10.7. The van der Waals surface area contributed by atoms with Crippen molar-refractivity contribution in [3.63, 3.8) is 0 Å². The van der Waals surface area contributed by atoms with Gasteiger partial charge < -0.3 is 9.47 Å². The lowest BCUT2D eigenvalue weighted by atomic mass is 10.2. The lowest BCUT2D eigenvalue weighted by Crippen LogP contribution is -2.23. The topological polar surface area (TPSA) is 65.7 Å². The van der Waals surface area contributed by atoms with Crippen LogP contribution in [-0.4, -0.2) is 27.8 Å². The molecule has 2 aromatic heterocycles. The zero-order valence-electron chi connectivity index (χ0n) is 18.0. The summed E-state index contributed by atoms with van der Waals surface area (Å²) in [6, 6.07) is 12.9. The molecule has 0 unspecified atom stereocenters. The molecule has 0 aliphatic rings. The van der Waals surface area contributed by atoms with Crippen molar-refractivity contribution in [2.45, 2.75) is 33.1 Å². The van der Waals surface area contributed by atoms with Gasteiger partial charge in [0.1, 0.15) is 0 Å². The number of thiazole rings is 1. The van der Waals surface area contributed by atoms with Crippen molar-refractivity contribution < 1.29 is 9.47 Å². The second kappa shape index (κ2) is 10.1. The van der Waals surface area contributed by atoms with E-state index in [0.717, 1.165) is 36.1 Å². The Morgan fingerprint density at radius 1 is 1.06 bits per heavy atom. The minimum absolute atomic E-state index is 0.199. The molecule has 0 amide bonds. The molecule has 0 aliphatic heterocycles. The summed E-state index contributed by atoms with van der Waals surface area (Å²) in [6.45, 7) is 5.29. The molecule has 4 rings (SSSR count). The third-order valence-electron chi connectivity index (χ3n) is 4.86. The molecule has 0 N–H and O–H groups in total. The number of aromatic nitrogens is 3. The summed E-state index contributed by atoms with van der Waals surface area (Å²) in [5.74, 6) is 1.90. The number of rotatable bonds is 9. The Balaban J connectivity index is 1.62. The molecule has 0 spiro atoms. The normalized spacial score (nSPS) is 11.9. The summed E-state index contributed by atoms with van der Waals surface area (Å²) in [6.07, 6.45) is 5.12. The molecule has 0 fully saturated rings. The van der Waals surface area contributed by atoms with Crippen LogP contribution in [0.1, 0.15) is 38.7 Å². The Bertz CT molecular complexity index is 1320. The second-order valence-corrected chi connectivity index (χ2v) is 8.69. The van der Waals surface area contributed by atoms with Crippen molar-refractivity contribution in [3.8, 4) is 22.9 Å². The minimum Gasteiger partial charge on any atom is -0.490 e. The summed E-state index contributed by atoms with van der Waals surface area (Å²) in [5.41, 5.74) is 1.47. The minimum atomic E-state index is -0.199. The molecular weight excluding hydrogens is 446 g/mol. The zero-order chi connectivity index (χ0) is 22.5. The molecule has 166 valence electrons. The van der Waals surface area contributed by atoms with Gasteiger partial charge in [-0.15, -0.1) is 5.10 Å². The summed E-state index contributed by atoms with van der Waals surface area (Å²) in [7, 11) is 0. The first-order chi connectivity index (χ1) is 15.6. The number of benzene rings is 2. The van der Waals surface area contributed by atoms with Gasteiger partial charge in [0.05, 0.1) is 17.7 Å². The van der Waals surface area contributed by atoms with Gasteiger partial charge in [-0.05, 0) is 61.4 Å². The van der Waals surface area contributed by atoms with E-state index in [9.17, 15) is 4.79 Å². The van der Waals surface area contributed by atoms with E-state index in [0.29, 0.717) is 39.3 Å². The van der Waals surface area contributed by atoms with Crippen molar-refractivity contribution in [1.29, 1.82) is 0 Å². The van der Waals surface area contributed by atoms with Gasteiger partial charge in [0.2, 0.25) is 4.96 Å². The summed E-state index contributed by atoms with van der Waals surface area (Å²) in [5, 5.41) is 5.02. The fourth-order valence-electron chi connectivity index (χ4n) is 3.24. The monoisotopic (exact) mass is 469 g/mol. The number of fused-ring (bicyclic) bond motifs is 1. The molecule has 0 bridgehead atoms. The van der Waals surface area contributed by atoms with E-state index in [1.165, 1.54) is 15.9 Å². The number of halogens is 1. The van der Waals surface area contributed by atoms with Gasteiger partial charge in [-0.3, -0.25) is 4.79 Å². The van der Waals surface area contributed by atoms with Crippen LogP contribution in [0.2, 0.25) is 5.02 Å². The summed E-state index contributed by atoms with van der Waals surface area (Å²) < 4.78 is 13.5. The second-order valence-electron chi connectivity index (χ2n) is 7.25. The highest BCUT2D eigenvalue weighted by molar-refractivity contribution is 7.15. The fourth-order valence-corrected chi connectivity index (χ4v) is 4.28. The quantitative estimate of drug-likeness (QED) is 0.323. The standard InChI is InChI=1S/C24H24ClN3O3S/c1-3-5-6-13-31-19-12-7-16(14-20(19)30-4-2)15-21-23(29)28-24(32-21)26-22(27-28)17-8-10-18(25)11-9-17/h7-12,14-15H,3-6,13H2,1-2H3. The maximum absolute atomic E-state index is 12.9. The van der Waals surface area contributed by atoms with Crippen molar-refractivity contribution in [2.24, 2.45) is 0 Å². The Hall–Kier alpha value is -2.90. The molecule has 0 saturated carbocycles. The maximum atomic E-state index is 12.9. The van der Waals surface area contributed by atoms with E-state index < -0.39 is 0 Å². The predicted octanol–water partition coefficient (Wildman–Crippen LogP) is 4.99. The number of unbranched alkanes of at least 4 members (excludes halogenated alkanes) is 2. The first kappa shape index (κ1) is 22.3. The highest BCUT2D eigenvalue weighted by Crippen LogP contribution is 2.29. The van der Waals surface area contributed by atoms with Crippen molar-refractivity contribution in [3.05, 3.63) is 67.9 Å². The van der Waals surface area contributed by atoms with Crippen molar-refractivity contribution >= 4 is 34.0 Å². The third-order valence-corrected chi connectivity index (χ3v) is 6.07. The number of nitrogens with zero attached hydrogens (tertiary/aromatic N) is 3. The first-order valence-corrected chi connectivity index (χ1v) is 11.9. The molecular formula is C24H24ClN3O3S. The van der Waals surface area contributed by atoms with Crippen LogP contribution in [0.4, 0.5) is 0 Å². The van der Waals surface area contributed by atoms with Crippen LogP contribution in [-0.2, 0) is 0 Å². The molecule has 0 atom stereocenters. The average molecular weight is 470 g/mol. The molecule has 32 heavy (non-hydrogen) atoms. The number of hydrogen-bond acceptors (Lipinski definition) is 6. The average Bonchev–Trinajstić information content (AvgIpc) is 3.33. The molecule has 6 nitrogen and oxygen atoms in total. The van der Waals surface area contributed by atoms with Crippen LogP contribution in [0.3, 0.4) is 0 Å². The fraction of sp³-hybridized carbons (Fsp3) is 0.292. The van der Waals surface area contributed by atoms with Crippen LogP contribution < -0.4 is 19.6 Å². The van der Waals surface area contributed by atoms with Gasteiger partial charge in [-0.25, -0.2) is 0 Å². The Kier molecular flexibility index (Phi) is 7.07. The molecule has 0 radical (unpaired) electrons. The molecule has 0 aliphatic carbocycles. The van der Waals surface area contributed by atoms with Crippen LogP contribution in [0.25, 0.3) is 22.4 Å². The van der Waals surface area contributed by atoms with Gasteiger partial charge in [0.25, 0.3) is 5.56 Å².